The van der Waals surface area contributed by atoms with Crippen LogP contribution in [0.3, 0.4) is 0 Å². The minimum Gasteiger partial charge on any atom is -0.383 e. The number of nitrogens with zero attached hydrogens (tertiary/aromatic N) is 2. The summed E-state index contributed by atoms with van der Waals surface area (Å²) in [5, 5.41) is 3.09. The minimum absolute atomic E-state index is 0.360. The number of aromatic nitrogens is 3. The van der Waals surface area contributed by atoms with Crippen LogP contribution in [0.15, 0.2) is 36.5 Å². The molecule has 24 heavy (non-hydrogen) atoms. The summed E-state index contributed by atoms with van der Waals surface area (Å²) in [4.78, 5) is 11.6. The zero-order valence-corrected chi connectivity index (χ0v) is 12.8. The number of fused-ring (bicyclic) bond motifs is 1. The number of aromatic amines is 1. The van der Waals surface area contributed by atoms with Gasteiger partial charge >= 0.3 is 6.18 Å². The van der Waals surface area contributed by atoms with Crippen LogP contribution < -0.4 is 5.32 Å². The maximum absolute atomic E-state index is 12.9. The van der Waals surface area contributed by atoms with Crippen molar-refractivity contribution in [3.05, 3.63) is 42.1 Å². The van der Waals surface area contributed by atoms with Gasteiger partial charge in [0.25, 0.3) is 0 Å². The van der Waals surface area contributed by atoms with Gasteiger partial charge < -0.3 is 15.0 Å². The molecular weight excluding hydrogens is 321 g/mol. The Morgan fingerprint density at radius 2 is 2.08 bits per heavy atom. The van der Waals surface area contributed by atoms with Gasteiger partial charge in [-0.05, 0) is 18.2 Å². The molecule has 0 aliphatic rings. The third kappa shape index (κ3) is 3.33. The Labute approximate surface area is 135 Å². The van der Waals surface area contributed by atoms with Gasteiger partial charge in [-0.1, -0.05) is 12.1 Å². The maximum atomic E-state index is 12.9. The fraction of sp³-hybridized carbons (Fsp3) is 0.250. The van der Waals surface area contributed by atoms with Crippen molar-refractivity contribution in [3.8, 4) is 11.4 Å². The summed E-state index contributed by atoms with van der Waals surface area (Å²) in [5.41, 5.74) is 0.916. The molecule has 2 aromatic heterocycles. The third-order valence-electron chi connectivity index (χ3n) is 3.46. The highest BCUT2D eigenvalue weighted by Crippen LogP contribution is 2.32. The summed E-state index contributed by atoms with van der Waals surface area (Å²) in [6.07, 6.45) is -2.79. The molecule has 0 saturated heterocycles. The number of H-pyrrole nitrogens is 1. The Balaban J connectivity index is 1.98. The first-order valence-corrected chi connectivity index (χ1v) is 7.24. The number of rotatable bonds is 5. The SMILES string of the molecule is COCCNc1nccc2[nH]c(-c3cccc(C(F)(F)F)c3)nc12. The van der Waals surface area contributed by atoms with E-state index in [9.17, 15) is 13.2 Å². The van der Waals surface area contributed by atoms with Crippen LogP contribution in [0, 0.1) is 0 Å². The molecule has 0 aliphatic heterocycles. The third-order valence-corrected chi connectivity index (χ3v) is 3.46. The van der Waals surface area contributed by atoms with E-state index in [4.69, 9.17) is 4.74 Å². The highest BCUT2D eigenvalue weighted by molar-refractivity contribution is 5.88. The van der Waals surface area contributed by atoms with E-state index in [1.165, 1.54) is 6.07 Å². The van der Waals surface area contributed by atoms with E-state index in [0.717, 1.165) is 12.1 Å². The van der Waals surface area contributed by atoms with Crippen molar-refractivity contribution in [1.82, 2.24) is 15.0 Å². The average molecular weight is 336 g/mol. The molecule has 0 atom stereocenters. The molecule has 0 spiro atoms. The summed E-state index contributed by atoms with van der Waals surface area (Å²) in [5.74, 6) is 0.915. The number of halogens is 3. The Morgan fingerprint density at radius 1 is 1.25 bits per heavy atom. The van der Waals surface area contributed by atoms with E-state index in [2.05, 4.69) is 20.3 Å². The van der Waals surface area contributed by atoms with E-state index in [0.29, 0.717) is 41.4 Å². The van der Waals surface area contributed by atoms with Gasteiger partial charge in [0.1, 0.15) is 11.3 Å². The molecule has 2 N–H and O–H groups in total. The van der Waals surface area contributed by atoms with Gasteiger partial charge in [0.05, 0.1) is 17.7 Å². The molecule has 3 aromatic rings. The summed E-state index contributed by atoms with van der Waals surface area (Å²) >= 11 is 0. The summed E-state index contributed by atoms with van der Waals surface area (Å²) in [6, 6.07) is 6.77. The van der Waals surface area contributed by atoms with Crippen molar-refractivity contribution >= 4 is 16.9 Å². The van der Waals surface area contributed by atoms with E-state index >= 15 is 0 Å². The zero-order valence-electron chi connectivity index (χ0n) is 12.8. The molecular formula is C16H15F3N4O. The molecule has 2 heterocycles. The number of benzene rings is 1. The molecule has 0 fully saturated rings. The Hall–Kier alpha value is -2.61. The Morgan fingerprint density at radius 3 is 2.83 bits per heavy atom. The number of methoxy groups -OCH3 is 1. The molecule has 0 radical (unpaired) electrons. The van der Waals surface area contributed by atoms with Crippen LogP contribution >= 0.6 is 0 Å². The summed E-state index contributed by atoms with van der Waals surface area (Å²) in [7, 11) is 1.59. The lowest BCUT2D eigenvalue weighted by Gasteiger charge is -2.07. The van der Waals surface area contributed by atoms with Gasteiger partial charge in [0.2, 0.25) is 0 Å². The lowest BCUT2D eigenvalue weighted by molar-refractivity contribution is -0.137. The van der Waals surface area contributed by atoms with Crippen LogP contribution in [-0.2, 0) is 10.9 Å². The zero-order chi connectivity index (χ0) is 17.2. The van der Waals surface area contributed by atoms with Crippen molar-refractivity contribution < 1.29 is 17.9 Å². The van der Waals surface area contributed by atoms with Gasteiger partial charge in [-0.15, -0.1) is 0 Å². The second kappa shape index (κ2) is 6.48. The number of ether oxygens (including phenoxy) is 1. The van der Waals surface area contributed by atoms with Crippen LogP contribution in [0.4, 0.5) is 19.0 Å². The van der Waals surface area contributed by atoms with Crippen molar-refractivity contribution in [3.63, 3.8) is 0 Å². The average Bonchev–Trinajstić information content (AvgIpc) is 2.99. The van der Waals surface area contributed by atoms with Crippen LogP contribution in [0.5, 0.6) is 0 Å². The van der Waals surface area contributed by atoms with Crippen LogP contribution in [0.2, 0.25) is 0 Å². The number of nitrogens with one attached hydrogen (secondary N) is 2. The lowest BCUT2D eigenvalue weighted by Crippen LogP contribution is -2.09. The molecule has 8 heteroatoms. The number of hydrogen-bond donors (Lipinski definition) is 2. The number of hydrogen-bond acceptors (Lipinski definition) is 4. The quantitative estimate of drug-likeness (QED) is 0.698. The lowest BCUT2D eigenvalue weighted by atomic mass is 10.1. The smallest absolute Gasteiger partial charge is 0.383 e. The van der Waals surface area contributed by atoms with E-state index in [1.807, 2.05) is 0 Å². The molecule has 0 amide bonds. The highest BCUT2D eigenvalue weighted by atomic mass is 19.4. The largest absolute Gasteiger partial charge is 0.416 e. The van der Waals surface area contributed by atoms with Crippen LogP contribution in [0.1, 0.15) is 5.56 Å². The summed E-state index contributed by atoms with van der Waals surface area (Å²) < 4.78 is 43.6. The first kappa shape index (κ1) is 16.3. The fourth-order valence-corrected chi connectivity index (χ4v) is 2.32. The highest BCUT2D eigenvalue weighted by Gasteiger charge is 2.30. The Kier molecular flexibility index (Phi) is 4.39. The van der Waals surface area contributed by atoms with Crippen molar-refractivity contribution in [2.45, 2.75) is 6.18 Å². The fourth-order valence-electron chi connectivity index (χ4n) is 2.32. The monoisotopic (exact) mass is 336 g/mol. The number of anilines is 1. The predicted octanol–water partition coefficient (Wildman–Crippen LogP) is 3.70. The second-order valence-electron chi connectivity index (χ2n) is 5.14. The van der Waals surface area contributed by atoms with Crippen LogP contribution in [0.25, 0.3) is 22.4 Å². The molecule has 126 valence electrons. The number of pyridine rings is 1. The normalized spacial score (nSPS) is 11.8. The molecule has 0 bridgehead atoms. The van der Waals surface area contributed by atoms with Gasteiger partial charge in [-0.25, -0.2) is 9.97 Å². The first-order valence-electron chi connectivity index (χ1n) is 7.24. The number of imidazole rings is 1. The van der Waals surface area contributed by atoms with Gasteiger partial charge in [-0.2, -0.15) is 13.2 Å². The number of alkyl halides is 3. The molecule has 3 rings (SSSR count). The topological polar surface area (TPSA) is 62.8 Å². The van der Waals surface area contributed by atoms with Gasteiger partial charge in [0.15, 0.2) is 5.82 Å². The molecule has 1 aromatic carbocycles. The predicted molar refractivity (Wildman–Crippen MR) is 84.7 cm³/mol. The van der Waals surface area contributed by atoms with Gasteiger partial charge in [0, 0.05) is 25.4 Å². The van der Waals surface area contributed by atoms with Crippen LogP contribution in [-0.4, -0.2) is 35.2 Å². The van der Waals surface area contributed by atoms with E-state index in [1.54, 1.807) is 25.4 Å². The van der Waals surface area contributed by atoms with Gasteiger partial charge in [-0.3, -0.25) is 0 Å². The molecule has 0 unspecified atom stereocenters. The van der Waals surface area contributed by atoms with Crippen molar-refractivity contribution in [1.29, 1.82) is 0 Å². The van der Waals surface area contributed by atoms with E-state index in [-0.39, 0.29) is 0 Å². The van der Waals surface area contributed by atoms with Crippen molar-refractivity contribution in [2.24, 2.45) is 0 Å². The molecule has 0 aliphatic carbocycles. The van der Waals surface area contributed by atoms with E-state index < -0.39 is 11.7 Å². The van der Waals surface area contributed by atoms with Crippen molar-refractivity contribution in [2.75, 3.05) is 25.6 Å². The summed E-state index contributed by atoms with van der Waals surface area (Å²) in [6.45, 7) is 1.05. The molecule has 0 saturated carbocycles. The Bertz CT molecular complexity index is 845. The minimum atomic E-state index is -4.39. The maximum Gasteiger partial charge on any atom is 0.416 e. The second-order valence-corrected chi connectivity index (χ2v) is 5.14. The molecule has 5 nitrogen and oxygen atoms in total. The first-order chi connectivity index (χ1) is 11.5. The standard InChI is InChI=1S/C16H15F3N4O/c1-24-8-7-21-15-13-12(5-6-20-15)22-14(23-13)10-3-2-4-11(9-10)16(17,18)19/h2-6,9H,7-8H2,1H3,(H,20,21)(H,22,23).